The van der Waals surface area contributed by atoms with Crippen molar-refractivity contribution >= 4 is 40.9 Å². The number of para-hydroxylation sites is 1. The number of ether oxygens (including phenoxy) is 2. The van der Waals surface area contributed by atoms with Crippen LogP contribution in [-0.2, 0) is 14.3 Å². The molecule has 2 rings (SSSR count). The first-order chi connectivity index (χ1) is 13.0. The Morgan fingerprint density at radius 1 is 1.22 bits per heavy atom. The van der Waals surface area contributed by atoms with E-state index in [4.69, 9.17) is 26.3 Å². The van der Waals surface area contributed by atoms with E-state index in [1.807, 2.05) is 12.1 Å². The van der Waals surface area contributed by atoms with E-state index >= 15 is 0 Å². The number of nitriles is 1. The number of hydrogen-bond acceptors (Lipinski definition) is 6. The van der Waals surface area contributed by atoms with Crippen LogP contribution in [-0.4, -0.2) is 30.3 Å². The lowest BCUT2D eigenvalue weighted by Crippen LogP contribution is -2.29. The average Bonchev–Trinajstić information content (AvgIpc) is 2.67. The minimum atomic E-state index is -0.877. The Morgan fingerprint density at radius 2 is 1.93 bits per heavy atom. The number of halogens is 1. The van der Waals surface area contributed by atoms with Gasteiger partial charge in [0.15, 0.2) is 12.7 Å². The molecule has 0 aromatic heterocycles. The van der Waals surface area contributed by atoms with Crippen molar-refractivity contribution in [3.05, 3.63) is 53.6 Å². The first-order valence-electron chi connectivity index (χ1n) is 7.97. The molecule has 2 aromatic carbocycles. The monoisotopic (exact) mass is 404 g/mol. The highest BCUT2D eigenvalue weighted by Crippen LogP contribution is 2.26. The number of carbonyl (C=O) groups excluding carboxylic acids is 2. The predicted molar refractivity (Wildman–Crippen MR) is 104 cm³/mol. The third kappa shape index (κ3) is 6.85. The first kappa shape index (κ1) is 20.6. The number of rotatable bonds is 8. The van der Waals surface area contributed by atoms with E-state index in [-0.39, 0.29) is 5.75 Å². The molecule has 0 saturated carbocycles. The van der Waals surface area contributed by atoms with Crippen molar-refractivity contribution < 1.29 is 19.1 Å². The smallest absolute Gasteiger partial charge is 0.347 e. The molecular formula is C19H17ClN2O4S. The molecule has 0 radical (unpaired) electrons. The summed E-state index contributed by atoms with van der Waals surface area (Å²) in [6.45, 7) is 1.09. The van der Waals surface area contributed by atoms with E-state index in [0.29, 0.717) is 16.5 Å². The summed E-state index contributed by atoms with van der Waals surface area (Å²) in [7, 11) is 0. The van der Waals surface area contributed by atoms with Crippen molar-refractivity contribution in [2.75, 3.05) is 17.7 Å². The van der Waals surface area contributed by atoms with Crippen LogP contribution in [0.3, 0.4) is 0 Å². The normalized spacial score (nSPS) is 11.1. The molecule has 2 aromatic rings. The molecule has 27 heavy (non-hydrogen) atoms. The molecule has 0 aliphatic carbocycles. The average molecular weight is 405 g/mol. The second-order valence-corrected chi connectivity index (χ2v) is 6.77. The summed E-state index contributed by atoms with van der Waals surface area (Å²) in [6.07, 6.45) is -0.877. The van der Waals surface area contributed by atoms with Gasteiger partial charge in [-0.3, -0.25) is 4.79 Å². The van der Waals surface area contributed by atoms with E-state index in [0.717, 1.165) is 4.90 Å². The van der Waals surface area contributed by atoms with Crippen LogP contribution in [0.5, 0.6) is 5.75 Å². The summed E-state index contributed by atoms with van der Waals surface area (Å²) in [6, 6.07) is 15.7. The lowest BCUT2D eigenvalue weighted by Gasteiger charge is -2.14. The van der Waals surface area contributed by atoms with Gasteiger partial charge in [-0.2, -0.15) is 5.26 Å². The fourth-order valence-corrected chi connectivity index (χ4v) is 2.81. The summed E-state index contributed by atoms with van der Waals surface area (Å²) in [5.74, 6) is -0.405. The third-order valence-corrected chi connectivity index (χ3v) is 4.45. The van der Waals surface area contributed by atoms with E-state index in [9.17, 15) is 9.59 Å². The largest absolute Gasteiger partial charge is 0.479 e. The van der Waals surface area contributed by atoms with Gasteiger partial charge in [0.25, 0.3) is 5.91 Å². The molecule has 0 spiro atoms. The van der Waals surface area contributed by atoms with Gasteiger partial charge in [0, 0.05) is 9.92 Å². The summed E-state index contributed by atoms with van der Waals surface area (Å²) >= 11 is 7.10. The topological polar surface area (TPSA) is 88.4 Å². The van der Waals surface area contributed by atoms with Gasteiger partial charge in [-0.1, -0.05) is 23.7 Å². The highest BCUT2D eigenvalue weighted by Gasteiger charge is 2.18. The molecule has 0 heterocycles. The van der Waals surface area contributed by atoms with Crippen LogP contribution in [0, 0.1) is 11.3 Å². The summed E-state index contributed by atoms with van der Waals surface area (Å²) in [5, 5.41) is 11.9. The van der Waals surface area contributed by atoms with Crippen LogP contribution in [0.25, 0.3) is 0 Å². The highest BCUT2D eigenvalue weighted by molar-refractivity contribution is 7.99. The minimum absolute atomic E-state index is 0.265. The van der Waals surface area contributed by atoms with Gasteiger partial charge in [0.05, 0.1) is 17.5 Å². The molecule has 0 fully saturated rings. The SMILES string of the molecule is C[C@@H](Oc1ccc(Cl)cc1)C(=O)OCC(=O)Nc1ccccc1SCC#N. The van der Waals surface area contributed by atoms with Crippen molar-refractivity contribution in [2.45, 2.75) is 17.9 Å². The molecule has 0 aliphatic heterocycles. The zero-order valence-electron chi connectivity index (χ0n) is 14.5. The highest BCUT2D eigenvalue weighted by atomic mass is 35.5. The molecule has 0 aliphatic rings. The van der Waals surface area contributed by atoms with Crippen LogP contribution in [0.4, 0.5) is 5.69 Å². The molecule has 140 valence electrons. The number of anilines is 1. The Hall–Kier alpha value is -2.69. The Balaban J connectivity index is 1.83. The molecule has 1 amide bonds. The van der Waals surface area contributed by atoms with Gasteiger partial charge in [-0.15, -0.1) is 11.8 Å². The van der Waals surface area contributed by atoms with Gasteiger partial charge in [0.1, 0.15) is 5.75 Å². The zero-order chi connectivity index (χ0) is 19.6. The van der Waals surface area contributed by atoms with Crippen molar-refractivity contribution in [2.24, 2.45) is 0 Å². The number of hydrogen-bond donors (Lipinski definition) is 1. The summed E-state index contributed by atoms with van der Waals surface area (Å²) in [4.78, 5) is 24.8. The van der Waals surface area contributed by atoms with Crippen LogP contribution >= 0.6 is 23.4 Å². The molecule has 1 atom stereocenters. The van der Waals surface area contributed by atoms with Crippen molar-refractivity contribution in [3.63, 3.8) is 0 Å². The van der Waals surface area contributed by atoms with Crippen LogP contribution < -0.4 is 10.1 Å². The standard InChI is InChI=1S/C19H17ClN2O4S/c1-13(26-15-8-6-14(20)7-9-15)19(24)25-12-18(23)22-16-4-2-3-5-17(16)27-11-10-21/h2-9,13H,11-12H2,1H3,(H,22,23)/t13-/m1/s1. The Labute approximate surface area is 166 Å². The maximum Gasteiger partial charge on any atom is 0.347 e. The molecule has 0 saturated heterocycles. The number of nitrogens with one attached hydrogen (secondary N) is 1. The molecule has 0 bridgehead atoms. The van der Waals surface area contributed by atoms with Crippen LogP contribution in [0.1, 0.15) is 6.92 Å². The van der Waals surface area contributed by atoms with E-state index in [1.54, 1.807) is 42.5 Å². The van der Waals surface area contributed by atoms with Gasteiger partial charge in [-0.25, -0.2) is 4.79 Å². The number of thioether (sulfide) groups is 1. The zero-order valence-corrected chi connectivity index (χ0v) is 16.0. The second-order valence-electron chi connectivity index (χ2n) is 5.31. The maximum absolute atomic E-state index is 12.0. The Morgan fingerprint density at radius 3 is 2.63 bits per heavy atom. The number of amides is 1. The van der Waals surface area contributed by atoms with Crippen LogP contribution in [0.2, 0.25) is 5.02 Å². The number of esters is 1. The molecular weight excluding hydrogens is 388 g/mol. The van der Waals surface area contributed by atoms with Gasteiger partial charge < -0.3 is 14.8 Å². The predicted octanol–water partition coefficient (Wildman–Crippen LogP) is 3.90. The van der Waals surface area contributed by atoms with Crippen molar-refractivity contribution in [1.82, 2.24) is 0 Å². The van der Waals surface area contributed by atoms with Crippen molar-refractivity contribution in [1.29, 1.82) is 5.26 Å². The first-order valence-corrected chi connectivity index (χ1v) is 9.33. The number of carbonyl (C=O) groups is 2. The van der Waals surface area contributed by atoms with Gasteiger partial charge in [0.2, 0.25) is 0 Å². The Kier molecular flexibility index (Phi) is 7.99. The molecule has 8 heteroatoms. The summed E-state index contributed by atoms with van der Waals surface area (Å²) in [5.41, 5.74) is 0.560. The number of nitrogens with zero attached hydrogens (tertiary/aromatic N) is 1. The second kappa shape index (κ2) is 10.5. The lowest BCUT2D eigenvalue weighted by atomic mass is 10.3. The molecule has 1 N–H and O–H groups in total. The van der Waals surface area contributed by atoms with Gasteiger partial charge >= 0.3 is 5.97 Å². The fourth-order valence-electron chi connectivity index (χ4n) is 2.01. The Bertz CT molecular complexity index is 836. The summed E-state index contributed by atoms with van der Waals surface area (Å²) < 4.78 is 10.4. The quantitative estimate of drug-likeness (QED) is 0.530. The van der Waals surface area contributed by atoms with E-state index < -0.39 is 24.6 Å². The fraction of sp³-hybridized carbons (Fsp3) is 0.211. The maximum atomic E-state index is 12.0. The van der Waals surface area contributed by atoms with E-state index in [1.165, 1.54) is 18.7 Å². The van der Waals surface area contributed by atoms with E-state index in [2.05, 4.69) is 5.32 Å². The molecule has 0 unspecified atom stereocenters. The lowest BCUT2D eigenvalue weighted by molar-refractivity contribution is -0.153. The minimum Gasteiger partial charge on any atom is -0.479 e. The third-order valence-electron chi connectivity index (χ3n) is 3.26. The van der Waals surface area contributed by atoms with Crippen molar-refractivity contribution in [3.8, 4) is 11.8 Å². The molecule has 6 nitrogen and oxygen atoms in total. The number of benzene rings is 2. The van der Waals surface area contributed by atoms with Gasteiger partial charge in [-0.05, 0) is 43.3 Å². The van der Waals surface area contributed by atoms with Crippen LogP contribution in [0.15, 0.2) is 53.4 Å².